The standard InChI is InChI=1S/C13H14BrFN2O/c14-11-3-8(1-2-12(11)15)13(18)17-6-9-4-16-5-10(9)7-17/h1-3,9-10,16H,4-7H2/t9-,10+. The normalized spacial score (nSPS) is 26.4. The average Bonchev–Trinajstić information content (AvgIpc) is 2.92. The largest absolute Gasteiger partial charge is 0.338 e. The van der Waals surface area contributed by atoms with E-state index in [9.17, 15) is 9.18 Å². The molecule has 18 heavy (non-hydrogen) atoms. The van der Waals surface area contributed by atoms with Crippen molar-refractivity contribution in [3.8, 4) is 0 Å². The number of carbonyl (C=O) groups is 1. The molecule has 2 saturated heterocycles. The molecule has 0 radical (unpaired) electrons. The first kappa shape index (κ1) is 12.1. The van der Waals surface area contributed by atoms with Crippen molar-refractivity contribution in [2.45, 2.75) is 0 Å². The molecule has 2 aliphatic heterocycles. The van der Waals surface area contributed by atoms with E-state index >= 15 is 0 Å². The molecule has 2 heterocycles. The van der Waals surface area contributed by atoms with Gasteiger partial charge >= 0.3 is 0 Å². The van der Waals surface area contributed by atoms with Gasteiger partial charge in [-0.05, 0) is 46.0 Å². The van der Waals surface area contributed by atoms with E-state index in [4.69, 9.17) is 0 Å². The van der Waals surface area contributed by atoms with Gasteiger partial charge in [0.05, 0.1) is 4.47 Å². The molecule has 96 valence electrons. The van der Waals surface area contributed by atoms with Crippen LogP contribution in [0.2, 0.25) is 0 Å². The average molecular weight is 313 g/mol. The minimum absolute atomic E-state index is 0.00472. The molecule has 0 aromatic heterocycles. The van der Waals surface area contributed by atoms with Crippen LogP contribution >= 0.6 is 15.9 Å². The van der Waals surface area contributed by atoms with Gasteiger partial charge in [-0.15, -0.1) is 0 Å². The van der Waals surface area contributed by atoms with E-state index in [1.54, 1.807) is 12.1 Å². The Bertz CT molecular complexity index is 482. The summed E-state index contributed by atoms with van der Waals surface area (Å²) in [5.74, 6) is 0.829. The second-order valence-electron chi connectivity index (χ2n) is 5.02. The summed E-state index contributed by atoms with van der Waals surface area (Å²) >= 11 is 3.12. The van der Waals surface area contributed by atoms with Crippen molar-refractivity contribution in [3.05, 3.63) is 34.1 Å². The van der Waals surface area contributed by atoms with Gasteiger partial charge in [-0.25, -0.2) is 4.39 Å². The highest BCUT2D eigenvalue weighted by atomic mass is 79.9. The van der Waals surface area contributed by atoms with Crippen molar-refractivity contribution in [2.75, 3.05) is 26.2 Å². The first-order chi connectivity index (χ1) is 8.65. The number of nitrogens with zero attached hydrogens (tertiary/aromatic N) is 1. The predicted octanol–water partition coefficient (Wildman–Crippen LogP) is 1.88. The Balaban J connectivity index is 1.77. The Kier molecular flexibility index (Phi) is 3.11. The summed E-state index contributed by atoms with van der Waals surface area (Å²) in [5.41, 5.74) is 0.552. The maximum Gasteiger partial charge on any atom is 0.253 e. The second kappa shape index (κ2) is 4.63. The van der Waals surface area contributed by atoms with Crippen molar-refractivity contribution < 1.29 is 9.18 Å². The lowest BCUT2D eigenvalue weighted by Crippen LogP contribution is -2.31. The number of rotatable bonds is 1. The molecule has 0 saturated carbocycles. The fourth-order valence-corrected chi connectivity index (χ4v) is 3.21. The van der Waals surface area contributed by atoms with Gasteiger partial charge in [-0.1, -0.05) is 0 Å². The summed E-state index contributed by atoms with van der Waals surface area (Å²) < 4.78 is 13.5. The number of fused-ring (bicyclic) bond motifs is 1. The summed E-state index contributed by atoms with van der Waals surface area (Å²) in [4.78, 5) is 14.2. The number of likely N-dealkylation sites (tertiary alicyclic amines) is 1. The molecular formula is C13H14BrFN2O. The third kappa shape index (κ3) is 2.06. The predicted molar refractivity (Wildman–Crippen MR) is 69.9 cm³/mol. The molecule has 1 N–H and O–H groups in total. The molecule has 1 aromatic rings. The van der Waals surface area contributed by atoms with Gasteiger partial charge < -0.3 is 10.2 Å². The van der Waals surface area contributed by atoms with Gasteiger partial charge in [0.15, 0.2) is 0 Å². The van der Waals surface area contributed by atoms with Gasteiger partial charge in [0.2, 0.25) is 0 Å². The van der Waals surface area contributed by atoms with E-state index in [0.29, 0.717) is 21.9 Å². The summed E-state index contributed by atoms with van der Waals surface area (Å²) in [5, 5.41) is 3.35. The molecule has 3 rings (SSSR count). The number of hydrogen-bond donors (Lipinski definition) is 1. The van der Waals surface area contributed by atoms with Crippen LogP contribution in [0.4, 0.5) is 4.39 Å². The Morgan fingerprint density at radius 3 is 2.61 bits per heavy atom. The lowest BCUT2D eigenvalue weighted by molar-refractivity contribution is 0.0781. The summed E-state index contributed by atoms with van der Waals surface area (Å²) in [6.45, 7) is 3.63. The molecule has 5 heteroatoms. The molecule has 1 amide bonds. The second-order valence-corrected chi connectivity index (χ2v) is 5.87. The number of benzene rings is 1. The third-order valence-corrected chi connectivity index (χ3v) is 4.45. The topological polar surface area (TPSA) is 32.3 Å². The lowest BCUT2D eigenvalue weighted by atomic mass is 10.0. The van der Waals surface area contributed by atoms with E-state index in [1.807, 2.05) is 4.90 Å². The zero-order chi connectivity index (χ0) is 12.7. The Hall–Kier alpha value is -0.940. The van der Waals surface area contributed by atoms with E-state index < -0.39 is 0 Å². The third-order valence-electron chi connectivity index (χ3n) is 3.84. The van der Waals surface area contributed by atoms with Crippen molar-refractivity contribution in [1.82, 2.24) is 10.2 Å². The molecule has 1 aromatic carbocycles. The van der Waals surface area contributed by atoms with E-state index in [0.717, 1.165) is 26.2 Å². The minimum atomic E-state index is -0.339. The molecule has 2 aliphatic rings. The molecular weight excluding hydrogens is 299 g/mol. The van der Waals surface area contributed by atoms with Crippen molar-refractivity contribution >= 4 is 21.8 Å². The summed E-state index contributed by atoms with van der Waals surface area (Å²) in [6, 6.07) is 4.44. The molecule has 2 fully saturated rings. The highest BCUT2D eigenvalue weighted by Gasteiger charge is 2.38. The fourth-order valence-electron chi connectivity index (χ4n) is 2.83. The first-order valence-corrected chi connectivity index (χ1v) is 6.89. The van der Waals surface area contributed by atoms with E-state index in [2.05, 4.69) is 21.2 Å². The molecule has 0 aliphatic carbocycles. The molecule has 2 atom stereocenters. The van der Waals surface area contributed by atoms with Gasteiger partial charge in [-0.2, -0.15) is 0 Å². The highest BCUT2D eigenvalue weighted by Crippen LogP contribution is 2.28. The van der Waals surface area contributed by atoms with Crippen LogP contribution in [-0.4, -0.2) is 37.0 Å². The quantitative estimate of drug-likeness (QED) is 0.859. The monoisotopic (exact) mass is 312 g/mol. The lowest BCUT2D eigenvalue weighted by Gasteiger charge is -2.17. The number of amides is 1. The van der Waals surface area contributed by atoms with Crippen LogP contribution in [0.25, 0.3) is 0 Å². The molecule has 3 nitrogen and oxygen atoms in total. The van der Waals surface area contributed by atoms with Crippen LogP contribution in [0.3, 0.4) is 0 Å². The maximum atomic E-state index is 13.1. The Morgan fingerprint density at radius 2 is 2.00 bits per heavy atom. The van der Waals surface area contributed by atoms with Crippen molar-refractivity contribution in [2.24, 2.45) is 11.8 Å². The van der Waals surface area contributed by atoms with Gasteiger partial charge in [0.25, 0.3) is 5.91 Å². The smallest absolute Gasteiger partial charge is 0.253 e. The van der Waals surface area contributed by atoms with Crippen LogP contribution in [0.1, 0.15) is 10.4 Å². The molecule has 0 unspecified atom stereocenters. The van der Waals surface area contributed by atoms with Crippen LogP contribution in [0.5, 0.6) is 0 Å². The van der Waals surface area contributed by atoms with E-state index in [1.165, 1.54) is 6.07 Å². The van der Waals surface area contributed by atoms with Gasteiger partial charge in [0, 0.05) is 31.7 Å². The van der Waals surface area contributed by atoms with Crippen LogP contribution < -0.4 is 5.32 Å². The van der Waals surface area contributed by atoms with Crippen LogP contribution in [0.15, 0.2) is 22.7 Å². The zero-order valence-electron chi connectivity index (χ0n) is 9.83. The SMILES string of the molecule is O=C(c1ccc(F)c(Br)c1)N1C[C@H]2CNC[C@H]2C1. The van der Waals surface area contributed by atoms with Gasteiger partial charge in [-0.3, -0.25) is 4.79 Å². The minimum Gasteiger partial charge on any atom is -0.338 e. The van der Waals surface area contributed by atoms with Crippen LogP contribution in [-0.2, 0) is 0 Å². The van der Waals surface area contributed by atoms with Crippen molar-refractivity contribution in [3.63, 3.8) is 0 Å². The van der Waals surface area contributed by atoms with Crippen LogP contribution in [0, 0.1) is 17.7 Å². The highest BCUT2D eigenvalue weighted by molar-refractivity contribution is 9.10. The van der Waals surface area contributed by atoms with E-state index in [-0.39, 0.29) is 11.7 Å². The number of carbonyl (C=O) groups excluding carboxylic acids is 1. The zero-order valence-corrected chi connectivity index (χ0v) is 11.4. The number of nitrogens with one attached hydrogen (secondary N) is 1. The van der Waals surface area contributed by atoms with Crippen molar-refractivity contribution in [1.29, 1.82) is 0 Å². The first-order valence-electron chi connectivity index (χ1n) is 6.10. The number of halogens is 2. The molecule has 0 bridgehead atoms. The number of hydrogen-bond acceptors (Lipinski definition) is 2. The summed E-state index contributed by atoms with van der Waals surface area (Å²) in [6.07, 6.45) is 0. The van der Waals surface area contributed by atoms with Gasteiger partial charge in [0.1, 0.15) is 5.82 Å². The molecule has 0 spiro atoms. The fraction of sp³-hybridized carbons (Fsp3) is 0.462. The maximum absolute atomic E-state index is 13.1. The summed E-state index contributed by atoms with van der Waals surface area (Å²) in [7, 11) is 0. The Morgan fingerprint density at radius 1 is 1.33 bits per heavy atom. The Labute approximate surface area is 113 Å².